The van der Waals surface area contributed by atoms with E-state index in [2.05, 4.69) is 66.1 Å². The molecule has 18 heavy (non-hydrogen) atoms. The quantitative estimate of drug-likeness (QED) is 0.576. The maximum atomic E-state index is 2.20. The van der Waals surface area contributed by atoms with Gasteiger partial charge in [0.25, 0.3) is 0 Å². The summed E-state index contributed by atoms with van der Waals surface area (Å²) in [5, 5.41) is 2.12. The smallest absolute Gasteiger partial charge is 0.0448 e. The molecule has 0 saturated heterocycles. The Kier molecular flexibility index (Phi) is 3.40. The summed E-state index contributed by atoms with van der Waals surface area (Å²) in [6.45, 7) is 0. The molecule has 0 spiro atoms. The molecule has 2 heteroatoms. The molecule has 0 bridgehead atoms. The van der Waals surface area contributed by atoms with Crippen LogP contribution in [0.5, 0.6) is 0 Å². The van der Waals surface area contributed by atoms with E-state index in [1.165, 1.54) is 20.2 Å². The highest BCUT2D eigenvalue weighted by molar-refractivity contribution is 7.21. The molecule has 2 aromatic heterocycles. The highest BCUT2D eigenvalue weighted by Crippen LogP contribution is 2.32. The Hall–Kier alpha value is -1.64. The van der Waals surface area contributed by atoms with Crippen molar-refractivity contribution in [2.24, 2.45) is 0 Å². The van der Waals surface area contributed by atoms with Gasteiger partial charge in [-0.1, -0.05) is 42.5 Å². The van der Waals surface area contributed by atoms with E-state index in [4.69, 9.17) is 0 Å². The lowest BCUT2D eigenvalue weighted by Crippen LogP contribution is -1.67. The Morgan fingerprint density at radius 2 is 1.61 bits per heavy atom. The summed E-state index contributed by atoms with van der Waals surface area (Å²) in [5.74, 6) is 0. The van der Waals surface area contributed by atoms with Crippen molar-refractivity contribution >= 4 is 34.8 Å². The van der Waals surface area contributed by atoms with Crippen LogP contribution in [0.4, 0.5) is 0 Å². The number of thiophene rings is 2. The van der Waals surface area contributed by atoms with Crippen molar-refractivity contribution in [1.29, 1.82) is 0 Å². The molecule has 3 rings (SSSR count). The SMILES string of the molecule is C(=Cc1ccc(-c2cccs2)s1)c1ccccc1. The van der Waals surface area contributed by atoms with E-state index in [1.807, 2.05) is 17.4 Å². The molecule has 2 heterocycles. The second-order valence-electron chi connectivity index (χ2n) is 3.92. The van der Waals surface area contributed by atoms with Crippen molar-refractivity contribution in [3.05, 3.63) is 70.4 Å². The molecule has 1 aromatic carbocycles. The van der Waals surface area contributed by atoms with Gasteiger partial charge in [0.2, 0.25) is 0 Å². The van der Waals surface area contributed by atoms with Crippen LogP contribution in [0.1, 0.15) is 10.4 Å². The first-order valence-electron chi connectivity index (χ1n) is 5.79. The van der Waals surface area contributed by atoms with Crippen LogP contribution in [0.25, 0.3) is 21.9 Å². The lowest BCUT2D eigenvalue weighted by Gasteiger charge is -1.90. The van der Waals surface area contributed by atoms with Crippen LogP contribution < -0.4 is 0 Å². The van der Waals surface area contributed by atoms with E-state index in [-0.39, 0.29) is 0 Å². The second-order valence-corrected chi connectivity index (χ2v) is 5.99. The molecular weight excluding hydrogens is 256 g/mol. The summed E-state index contributed by atoms with van der Waals surface area (Å²) in [6.07, 6.45) is 4.33. The van der Waals surface area contributed by atoms with Gasteiger partial charge >= 0.3 is 0 Å². The van der Waals surface area contributed by atoms with Gasteiger partial charge in [-0.15, -0.1) is 22.7 Å². The number of hydrogen-bond donors (Lipinski definition) is 0. The molecule has 0 atom stereocenters. The van der Waals surface area contributed by atoms with Crippen LogP contribution in [0.3, 0.4) is 0 Å². The highest BCUT2D eigenvalue weighted by atomic mass is 32.1. The molecule has 0 saturated carbocycles. The molecule has 3 aromatic rings. The Morgan fingerprint density at radius 3 is 2.39 bits per heavy atom. The Balaban J connectivity index is 1.80. The summed E-state index contributed by atoms with van der Waals surface area (Å²) >= 11 is 3.62. The summed E-state index contributed by atoms with van der Waals surface area (Å²) in [6, 6.07) is 19.0. The van der Waals surface area contributed by atoms with Gasteiger partial charge < -0.3 is 0 Å². The fourth-order valence-electron chi connectivity index (χ4n) is 1.74. The van der Waals surface area contributed by atoms with E-state index in [0.29, 0.717) is 0 Å². The third kappa shape index (κ3) is 2.61. The molecule has 0 amide bonds. The summed E-state index contributed by atoms with van der Waals surface area (Å²) < 4.78 is 0. The standard InChI is InChI=1S/C16H12S2/c1-2-5-13(6-3-1)8-9-14-10-11-16(18-14)15-7-4-12-17-15/h1-12H. The molecule has 0 unspecified atom stereocenters. The fourth-order valence-corrected chi connectivity index (χ4v) is 3.48. The molecule has 88 valence electrons. The highest BCUT2D eigenvalue weighted by Gasteiger charge is 2.01. The van der Waals surface area contributed by atoms with Crippen molar-refractivity contribution in [3.63, 3.8) is 0 Å². The van der Waals surface area contributed by atoms with Crippen molar-refractivity contribution in [2.75, 3.05) is 0 Å². The summed E-state index contributed by atoms with van der Waals surface area (Å²) in [7, 11) is 0. The zero-order valence-electron chi connectivity index (χ0n) is 9.74. The monoisotopic (exact) mass is 268 g/mol. The topological polar surface area (TPSA) is 0 Å². The maximum Gasteiger partial charge on any atom is 0.0448 e. The van der Waals surface area contributed by atoms with E-state index in [9.17, 15) is 0 Å². The van der Waals surface area contributed by atoms with Crippen LogP contribution in [-0.4, -0.2) is 0 Å². The van der Waals surface area contributed by atoms with Gasteiger partial charge in [0.1, 0.15) is 0 Å². The second kappa shape index (κ2) is 5.34. The van der Waals surface area contributed by atoms with Gasteiger partial charge in [0, 0.05) is 14.6 Å². The van der Waals surface area contributed by atoms with Crippen LogP contribution >= 0.6 is 22.7 Å². The van der Waals surface area contributed by atoms with E-state index in [0.717, 1.165) is 0 Å². The zero-order valence-corrected chi connectivity index (χ0v) is 11.4. The predicted molar refractivity (Wildman–Crippen MR) is 83.0 cm³/mol. The molecule has 0 aliphatic carbocycles. The first kappa shape index (κ1) is 11.5. The largest absolute Gasteiger partial charge is 0.143 e. The lowest BCUT2D eigenvalue weighted by atomic mass is 10.2. The third-order valence-electron chi connectivity index (χ3n) is 2.63. The van der Waals surface area contributed by atoms with Crippen LogP contribution in [0, 0.1) is 0 Å². The molecule has 0 radical (unpaired) electrons. The average molecular weight is 268 g/mol. The Morgan fingerprint density at radius 1 is 0.722 bits per heavy atom. The van der Waals surface area contributed by atoms with Crippen molar-refractivity contribution < 1.29 is 0 Å². The first-order valence-corrected chi connectivity index (χ1v) is 7.48. The van der Waals surface area contributed by atoms with Gasteiger partial charge in [0.15, 0.2) is 0 Å². The van der Waals surface area contributed by atoms with Gasteiger partial charge in [-0.25, -0.2) is 0 Å². The number of rotatable bonds is 3. The maximum absolute atomic E-state index is 2.20. The molecule has 0 fully saturated rings. The summed E-state index contributed by atoms with van der Waals surface area (Å²) in [4.78, 5) is 3.99. The third-order valence-corrected chi connectivity index (χ3v) is 4.75. The molecule has 0 aliphatic heterocycles. The van der Waals surface area contributed by atoms with Crippen LogP contribution in [-0.2, 0) is 0 Å². The average Bonchev–Trinajstić information content (AvgIpc) is 3.08. The Bertz CT molecular complexity index is 631. The predicted octanol–water partition coefficient (Wildman–Crippen LogP) is 5.65. The number of hydrogen-bond acceptors (Lipinski definition) is 2. The minimum Gasteiger partial charge on any atom is -0.143 e. The lowest BCUT2D eigenvalue weighted by molar-refractivity contribution is 1.67. The van der Waals surface area contributed by atoms with Crippen LogP contribution in [0.15, 0.2) is 60.0 Å². The van der Waals surface area contributed by atoms with Crippen molar-refractivity contribution in [2.45, 2.75) is 0 Å². The van der Waals surface area contributed by atoms with Gasteiger partial charge in [0.05, 0.1) is 0 Å². The minimum absolute atomic E-state index is 1.24. The molecule has 0 N–H and O–H groups in total. The summed E-state index contributed by atoms with van der Waals surface area (Å²) in [5.41, 5.74) is 1.24. The first-order chi connectivity index (χ1) is 8.92. The van der Waals surface area contributed by atoms with Gasteiger partial charge in [-0.2, -0.15) is 0 Å². The van der Waals surface area contributed by atoms with E-state index < -0.39 is 0 Å². The van der Waals surface area contributed by atoms with E-state index in [1.54, 1.807) is 11.3 Å². The Labute approximate surface area is 115 Å². The van der Waals surface area contributed by atoms with Gasteiger partial charge in [-0.3, -0.25) is 0 Å². The van der Waals surface area contributed by atoms with Crippen molar-refractivity contribution in [3.8, 4) is 9.75 Å². The fraction of sp³-hybridized carbons (Fsp3) is 0. The van der Waals surface area contributed by atoms with Gasteiger partial charge in [-0.05, 0) is 35.2 Å². The van der Waals surface area contributed by atoms with E-state index >= 15 is 0 Å². The molecule has 0 aliphatic rings. The number of benzene rings is 1. The molecule has 0 nitrogen and oxygen atoms in total. The normalized spacial score (nSPS) is 11.1. The van der Waals surface area contributed by atoms with Crippen LogP contribution in [0.2, 0.25) is 0 Å². The zero-order chi connectivity index (χ0) is 12.2. The van der Waals surface area contributed by atoms with Crippen molar-refractivity contribution in [1.82, 2.24) is 0 Å². The molecular formula is C16H12S2. The minimum atomic E-state index is 1.24.